The van der Waals surface area contributed by atoms with Crippen LogP contribution in [0.25, 0.3) is 0 Å². The highest BCUT2D eigenvalue weighted by Crippen LogP contribution is 2.21. The molecule has 1 aliphatic heterocycles. The molecule has 0 radical (unpaired) electrons. The van der Waals surface area contributed by atoms with Crippen molar-refractivity contribution in [2.75, 3.05) is 0 Å². The molecule has 0 aromatic heterocycles. The molecule has 0 saturated carbocycles. The van der Waals surface area contributed by atoms with Gasteiger partial charge in [0.25, 0.3) is 0 Å². The summed E-state index contributed by atoms with van der Waals surface area (Å²) in [5, 5.41) is 0. The summed E-state index contributed by atoms with van der Waals surface area (Å²) in [5.74, 6) is -1.20. The Morgan fingerprint density at radius 3 is 2.50 bits per heavy atom. The molecule has 2 aromatic carbocycles. The molecule has 1 heterocycles. The van der Waals surface area contributed by atoms with Crippen LogP contribution in [0.5, 0.6) is 0 Å². The molecule has 4 nitrogen and oxygen atoms in total. The van der Waals surface area contributed by atoms with Gasteiger partial charge in [-0.25, -0.2) is 18.5 Å². The minimum absolute atomic E-state index is 0.112. The maximum Gasteiger partial charge on any atom is 0.360 e. The molecule has 0 bridgehead atoms. The van der Waals surface area contributed by atoms with Crippen LogP contribution in [0.3, 0.4) is 0 Å². The second kappa shape index (κ2) is 8.77. The number of allylic oxidation sites excluding steroid dienone is 2. The maximum absolute atomic E-state index is 13.8. The molecule has 0 spiro atoms. The zero-order chi connectivity index (χ0) is 20.3. The van der Waals surface area contributed by atoms with Gasteiger partial charge in [0.2, 0.25) is 0 Å². The number of rotatable bonds is 6. The third-order valence-electron chi connectivity index (χ3n) is 4.62. The summed E-state index contributed by atoms with van der Waals surface area (Å²) in [5.41, 5.74) is 8.76. The molecule has 7 heteroatoms. The van der Waals surface area contributed by atoms with Gasteiger partial charge in [-0.3, -0.25) is 0 Å². The molecule has 146 valence electrons. The van der Waals surface area contributed by atoms with E-state index in [1.807, 2.05) is 31.2 Å². The van der Waals surface area contributed by atoms with Gasteiger partial charge in [-0.15, -0.1) is 0 Å². The topological polar surface area (TPSA) is 56.8 Å². The SMILES string of the molecule is CC1=CC(OCc2ccc(F)cc2F)=C(Br)C(=O)[NH+]1Cc1ccccc1CN. The van der Waals surface area contributed by atoms with E-state index < -0.39 is 11.6 Å². The standard InChI is InChI=1S/C21H19BrF2N2O2/c1-13-8-19(28-12-16-6-7-17(23)9-18(16)24)20(22)21(27)26(13)11-15-5-3-2-4-14(15)10-25/h2-9H,10-12,25H2,1H3/p+1. The Bertz CT molecular complexity index is 971. The lowest BCUT2D eigenvalue weighted by atomic mass is 10.1. The molecule has 1 amide bonds. The van der Waals surface area contributed by atoms with Gasteiger partial charge in [-0.05, 0) is 33.6 Å². The molecule has 2 aromatic rings. The van der Waals surface area contributed by atoms with E-state index in [0.29, 0.717) is 23.7 Å². The Labute approximate surface area is 170 Å². The van der Waals surface area contributed by atoms with Crippen LogP contribution < -0.4 is 10.6 Å². The molecule has 28 heavy (non-hydrogen) atoms. The Kier molecular flexibility index (Phi) is 6.39. The van der Waals surface area contributed by atoms with Gasteiger partial charge in [0.15, 0.2) is 4.48 Å². The van der Waals surface area contributed by atoms with Crippen LogP contribution >= 0.6 is 15.9 Å². The molecular formula is C21H20BrF2N2O2+. The van der Waals surface area contributed by atoms with Crippen LogP contribution in [0, 0.1) is 11.6 Å². The van der Waals surface area contributed by atoms with Gasteiger partial charge in [0, 0.05) is 36.7 Å². The molecule has 0 fully saturated rings. The summed E-state index contributed by atoms with van der Waals surface area (Å²) in [6, 6.07) is 11.0. The Hall–Kier alpha value is -2.35. The first kappa shape index (κ1) is 20.4. The molecule has 1 unspecified atom stereocenters. The van der Waals surface area contributed by atoms with Crippen molar-refractivity contribution >= 4 is 21.8 Å². The van der Waals surface area contributed by atoms with E-state index in [1.165, 1.54) is 12.1 Å². The Morgan fingerprint density at radius 2 is 1.82 bits per heavy atom. The Balaban J connectivity index is 1.76. The number of hydrogen-bond donors (Lipinski definition) is 2. The number of hydrogen-bond acceptors (Lipinski definition) is 3. The fourth-order valence-electron chi connectivity index (χ4n) is 3.01. The molecule has 0 saturated heterocycles. The fraction of sp³-hybridized carbons (Fsp3) is 0.190. The van der Waals surface area contributed by atoms with Crippen LogP contribution in [0.4, 0.5) is 8.78 Å². The highest BCUT2D eigenvalue weighted by molar-refractivity contribution is 9.12. The van der Waals surface area contributed by atoms with Crippen molar-refractivity contribution in [3.8, 4) is 0 Å². The van der Waals surface area contributed by atoms with E-state index in [0.717, 1.165) is 22.9 Å². The van der Waals surface area contributed by atoms with E-state index in [9.17, 15) is 13.6 Å². The molecule has 0 aliphatic carbocycles. The number of amides is 1. The van der Waals surface area contributed by atoms with Crippen LogP contribution in [-0.4, -0.2) is 5.91 Å². The average Bonchev–Trinajstić information content (AvgIpc) is 2.68. The van der Waals surface area contributed by atoms with E-state index >= 15 is 0 Å². The molecule has 3 N–H and O–H groups in total. The van der Waals surface area contributed by atoms with Crippen molar-refractivity contribution in [1.82, 2.24) is 0 Å². The lowest BCUT2D eigenvalue weighted by Crippen LogP contribution is -3.12. The lowest BCUT2D eigenvalue weighted by Gasteiger charge is -2.23. The van der Waals surface area contributed by atoms with Crippen LogP contribution in [-0.2, 0) is 29.2 Å². The maximum atomic E-state index is 13.8. The number of ether oxygens (including phenoxy) is 1. The number of benzene rings is 2. The van der Waals surface area contributed by atoms with Gasteiger partial charge in [-0.1, -0.05) is 24.3 Å². The van der Waals surface area contributed by atoms with Crippen molar-refractivity contribution in [3.05, 3.63) is 92.8 Å². The zero-order valence-electron chi connectivity index (χ0n) is 15.3. The Morgan fingerprint density at radius 1 is 1.11 bits per heavy atom. The first-order chi connectivity index (χ1) is 13.4. The van der Waals surface area contributed by atoms with E-state index in [2.05, 4.69) is 15.9 Å². The van der Waals surface area contributed by atoms with E-state index in [-0.39, 0.29) is 22.6 Å². The number of carbonyl (C=O) groups is 1. The second-order valence-electron chi connectivity index (χ2n) is 6.49. The average molecular weight is 450 g/mol. The van der Waals surface area contributed by atoms with Crippen molar-refractivity contribution in [2.24, 2.45) is 5.73 Å². The van der Waals surface area contributed by atoms with Crippen LogP contribution in [0.1, 0.15) is 23.6 Å². The fourth-order valence-corrected chi connectivity index (χ4v) is 3.48. The highest BCUT2D eigenvalue weighted by Gasteiger charge is 2.32. The second-order valence-corrected chi connectivity index (χ2v) is 7.28. The number of nitrogens with two attached hydrogens (primary N) is 1. The van der Waals surface area contributed by atoms with Gasteiger partial charge in [0.05, 0.1) is 0 Å². The highest BCUT2D eigenvalue weighted by atomic mass is 79.9. The van der Waals surface area contributed by atoms with Gasteiger partial charge in [-0.2, -0.15) is 0 Å². The van der Waals surface area contributed by atoms with Crippen LogP contribution in [0.15, 0.2) is 64.5 Å². The van der Waals surface area contributed by atoms with Gasteiger partial charge >= 0.3 is 5.91 Å². The number of quaternary nitrogens is 1. The third-order valence-corrected chi connectivity index (χ3v) is 5.37. The van der Waals surface area contributed by atoms with Gasteiger partial charge in [0.1, 0.15) is 36.2 Å². The number of halogens is 3. The quantitative estimate of drug-likeness (QED) is 0.712. The van der Waals surface area contributed by atoms with Crippen molar-refractivity contribution < 1.29 is 23.2 Å². The molecule has 1 aliphatic rings. The molecular weight excluding hydrogens is 430 g/mol. The summed E-state index contributed by atoms with van der Waals surface area (Å²) >= 11 is 3.30. The zero-order valence-corrected chi connectivity index (χ0v) is 16.9. The van der Waals surface area contributed by atoms with E-state index in [1.54, 1.807) is 6.08 Å². The minimum atomic E-state index is -0.690. The largest absolute Gasteiger partial charge is 0.487 e. The summed E-state index contributed by atoms with van der Waals surface area (Å²) < 4.78 is 32.7. The minimum Gasteiger partial charge on any atom is -0.487 e. The number of carbonyl (C=O) groups excluding carboxylic acids is 1. The van der Waals surface area contributed by atoms with Crippen LogP contribution in [0.2, 0.25) is 0 Å². The third kappa shape index (κ3) is 4.38. The van der Waals surface area contributed by atoms with Gasteiger partial charge < -0.3 is 10.5 Å². The lowest BCUT2D eigenvalue weighted by molar-refractivity contribution is -0.792. The first-order valence-electron chi connectivity index (χ1n) is 8.73. The molecule has 1 atom stereocenters. The van der Waals surface area contributed by atoms with E-state index in [4.69, 9.17) is 10.5 Å². The van der Waals surface area contributed by atoms with Crippen molar-refractivity contribution in [2.45, 2.75) is 26.6 Å². The van der Waals surface area contributed by atoms with Crippen molar-refractivity contribution in [1.29, 1.82) is 0 Å². The van der Waals surface area contributed by atoms with Crippen molar-refractivity contribution in [3.63, 3.8) is 0 Å². The predicted molar refractivity (Wildman–Crippen MR) is 105 cm³/mol. The summed E-state index contributed by atoms with van der Waals surface area (Å²) in [6.45, 7) is 2.58. The monoisotopic (exact) mass is 449 g/mol. The first-order valence-corrected chi connectivity index (χ1v) is 9.52. The summed E-state index contributed by atoms with van der Waals surface area (Å²) in [6.07, 6.45) is 1.74. The normalized spacial score (nSPS) is 17.0. The number of nitrogens with one attached hydrogen (secondary N) is 1. The summed E-state index contributed by atoms with van der Waals surface area (Å²) in [7, 11) is 0. The predicted octanol–water partition coefficient (Wildman–Crippen LogP) is 3.08. The summed E-state index contributed by atoms with van der Waals surface area (Å²) in [4.78, 5) is 13.5. The smallest absolute Gasteiger partial charge is 0.360 e. The molecule has 3 rings (SSSR count).